The SMILES string of the molecule is CC(C)(C)OC(=O)N[C@@H]1CCN(CCO[Si](C)(C)C(C)(C)C)C[C@@H]1F. The van der Waals surface area contributed by atoms with Gasteiger partial charge in [-0.3, -0.25) is 4.90 Å². The highest BCUT2D eigenvalue weighted by Gasteiger charge is 2.37. The van der Waals surface area contributed by atoms with Gasteiger partial charge in [0.2, 0.25) is 0 Å². The fraction of sp³-hybridized carbons (Fsp3) is 0.944. The third-order valence-corrected chi connectivity index (χ3v) is 9.54. The number of carbonyl (C=O) groups excluding carboxylic acids is 1. The molecular weight excluding hydrogens is 339 g/mol. The van der Waals surface area contributed by atoms with E-state index >= 15 is 0 Å². The van der Waals surface area contributed by atoms with Crippen LogP contribution in [0.15, 0.2) is 0 Å². The Morgan fingerprint density at radius 1 is 1.24 bits per heavy atom. The first kappa shape index (κ1) is 22.4. The van der Waals surface area contributed by atoms with Gasteiger partial charge in [-0.1, -0.05) is 20.8 Å². The van der Waals surface area contributed by atoms with Gasteiger partial charge in [0, 0.05) is 26.2 Å². The summed E-state index contributed by atoms with van der Waals surface area (Å²) in [7, 11) is -1.76. The minimum atomic E-state index is -1.76. The summed E-state index contributed by atoms with van der Waals surface area (Å²) >= 11 is 0. The van der Waals surface area contributed by atoms with Gasteiger partial charge in [-0.25, -0.2) is 9.18 Å². The van der Waals surface area contributed by atoms with Crippen molar-refractivity contribution in [2.45, 2.75) is 83.9 Å². The number of nitrogens with zero attached hydrogens (tertiary/aromatic N) is 1. The van der Waals surface area contributed by atoms with Gasteiger partial charge in [0.05, 0.1) is 6.04 Å². The molecule has 2 atom stereocenters. The number of halogens is 1. The Bertz CT molecular complexity index is 447. The fourth-order valence-electron chi connectivity index (χ4n) is 2.44. The second-order valence-corrected chi connectivity index (χ2v) is 14.3. The first-order chi connectivity index (χ1) is 11.2. The molecule has 1 amide bonds. The van der Waals surface area contributed by atoms with Gasteiger partial charge >= 0.3 is 6.09 Å². The van der Waals surface area contributed by atoms with Gasteiger partial charge in [0.25, 0.3) is 0 Å². The van der Waals surface area contributed by atoms with Gasteiger partial charge in [0.15, 0.2) is 8.32 Å². The summed E-state index contributed by atoms with van der Waals surface area (Å²) in [5.74, 6) is 0. The predicted molar refractivity (Wildman–Crippen MR) is 102 cm³/mol. The zero-order valence-electron chi connectivity index (χ0n) is 17.2. The van der Waals surface area contributed by atoms with Crippen LogP contribution < -0.4 is 5.32 Å². The average molecular weight is 377 g/mol. The molecule has 0 aliphatic carbocycles. The summed E-state index contributed by atoms with van der Waals surface area (Å²) in [5, 5.41) is 2.84. The molecule has 1 aliphatic rings. The Kier molecular flexibility index (Phi) is 7.48. The number of ether oxygens (including phenoxy) is 1. The lowest BCUT2D eigenvalue weighted by Gasteiger charge is -2.38. The highest BCUT2D eigenvalue weighted by molar-refractivity contribution is 6.74. The molecule has 0 spiro atoms. The number of hydrogen-bond acceptors (Lipinski definition) is 4. The van der Waals surface area contributed by atoms with E-state index in [1.165, 1.54) is 0 Å². The molecule has 1 N–H and O–H groups in total. The number of amides is 1. The number of rotatable bonds is 5. The molecule has 0 radical (unpaired) electrons. The lowest BCUT2D eigenvalue weighted by Crippen LogP contribution is -2.54. The van der Waals surface area contributed by atoms with Gasteiger partial charge in [0.1, 0.15) is 11.8 Å². The lowest BCUT2D eigenvalue weighted by molar-refractivity contribution is 0.0384. The van der Waals surface area contributed by atoms with Crippen LogP contribution in [0, 0.1) is 0 Å². The molecule has 0 aromatic rings. The van der Waals surface area contributed by atoms with Crippen molar-refractivity contribution in [3.05, 3.63) is 0 Å². The summed E-state index contributed by atoms with van der Waals surface area (Å²) in [5.41, 5.74) is -0.572. The molecule has 0 unspecified atom stereocenters. The normalized spacial score (nSPS) is 23.4. The average Bonchev–Trinajstić information content (AvgIpc) is 2.38. The summed E-state index contributed by atoms with van der Waals surface area (Å²) in [4.78, 5) is 13.9. The van der Waals surface area contributed by atoms with Crippen molar-refractivity contribution in [3.63, 3.8) is 0 Å². The van der Waals surface area contributed by atoms with Crippen LogP contribution in [0.5, 0.6) is 0 Å². The van der Waals surface area contributed by atoms with Gasteiger partial charge in [-0.2, -0.15) is 0 Å². The number of hydrogen-bond donors (Lipinski definition) is 1. The van der Waals surface area contributed by atoms with E-state index in [0.717, 1.165) is 13.1 Å². The molecule has 1 heterocycles. The van der Waals surface area contributed by atoms with Crippen LogP contribution in [0.3, 0.4) is 0 Å². The minimum Gasteiger partial charge on any atom is -0.444 e. The van der Waals surface area contributed by atoms with E-state index in [0.29, 0.717) is 19.6 Å². The molecule has 1 rings (SSSR count). The first-order valence-corrected chi connectivity index (χ1v) is 12.1. The fourth-order valence-corrected chi connectivity index (χ4v) is 3.47. The Labute approximate surface area is 153 Å². The quantitative estimate of drug-likeness (QED) is 0.738. The molecule has 25 heavy (non-hydrogen) atoms. The van der Waals surface area contributed by atoms with Crippen LogP contribution in [0.4, 0.5) is 9.18 Å². The van der Waals surface area contributed by atoms with Gasteiger partial charge < -0.3 is 14.5 Å². The second-order valence-electron chi connectivity index (χ2n) is 9.47. The number of nitrogens with one attached hydrogen (secondary N) is 1. The van der Waals surface area contributed by atoms with Crippen LogP contribution in [-0.2, 0) is 9.16 Å². The van der Waals surface area contributed by atoms with Crippen molar-refractivity contribution in [3.8, 4) is 0 Å². The topological polar surface area (TPSA) is 50.8 Å². The zero-order valence-corrected chi connectivity index (χ0v) is 18.2. The van der Waals surface area contributed by atoms with Gasteiger partial charge in [-0.05, 0) is 45.3 Å². The summed E-state index contributed by atoms with van der Waals surface area (Å²) in [6, 6.07) is -0.479. The van der Waals surface area contributed by atoms with Crippen LogP contribution in [0.2, 0.25) is 18.1 Å². The Balaban J connectivity index is 2.37. The number of alkyl halides is 1. The molecule has 1 fully saturated rings. The number of alkyl carbamates (subject to hydrolysis) is 1. The molecular formula is C18H37FN2O3Si. The van der Waals surface area contributed by atoms with Crippen molar-refractivity contribution in [2.24, 2.45) is 0 Å². The molecule has 0 saturated carbocycles. The maximum absolute atomic E-state index is 14.4. The molecule has 148 valence electrons. The third kappa shape index (κ3) is 7.62. The molecule has 0 aromatic heterocycles. The van der Waals surface area contributed by atoms with Crippen molar-refractivity contribution in [1.29, 1.82) is 0 Å². The summed E-state index contributed by atoms with van der Waals surface area (Å²) in [6.07, 6.45) is -1.05. The smallest absolute Gasteiger partial charge is 0.407 e. The third-order valence-electron chi connectivity index (χ3n) is 5.00. The molecule has 5 nitrogen and oxygen atoms in total. The maximum atomic E-state index is 14.4. The Morgan fingerprint density at radius 2 is 1.84 bits per heavy atom. The van der Waals surface area contributed by atoms with Crippen molar-refractivity contribution in [2.75, 3.05) is 26.2 Å². The van der Waals surface area contributed by atoms with E-state index in [1.807, 2.05) is 0 Å². The minimum absolute atomic E-state index is 0.181. The Hall–Kier alpha value is -0.663. The highest BCUT2D eigenvalue weighted by atomic mass is 28.4. The van der Waals surface area contributed by atoms with E-state index < -0.39 is 32.2 Å². The van der Waals surface area contributed by atoms with Crippen LogP contribution >= 0.6 is 0 Å². The molecule has 0 bridgehead atoms. The number of piperidine rings is 1. The number of likely N-dealkylation sites (tertiary alicyclic amines) is 1. The first-order valence-electron chi connectivity index (χ1n) is 9.21. The molecule has 1 saturated heterocycles. The monoisotopic (exact) mass is 376 g/mol. The maximum Gasteiger partial charge on any atom is 0.407 e. The Morgan fingerprint density at radius 3 is 2.32 bits per heavy atom. The largest absolute Gasteiger partial charge is 0.444 e. The zero-order chi connectivity index (χ0) is 19.5. The predicted octanol–water partition coefficient (Wildman–Crippen LogP) is 3.95. The molecule has 1 aliphatic heterocycles. The van der Waals surface area contributed by atoms with E-state index in [-0.39, 0.29) is 5.04 Å². The highest BCUT2D eigenvalue weighted by Crippen LogP contribution is 2.36. The molecule has 7 heteroatoms. The molecule has 0 aromatic carbocycles. The van der Waals surface area contributed by atoms with Crippen LogP contribution in [-0.4, -0.2) is 63.4 Å². The van der Waals surface area contributed by atoms with Crippen molar-refractivity contribution >= 4 is 14.4 Å². The summed E-state index contributed by atoms with van der Waals surface area (Å²) in [6.45, 7) is 18.9. The van der Waals surface area contributed by atoms with Crippen molar-refractivity contribution < 1.29 is 18.3 Å². The second kappa shape index (κ2) is 8.35. The van der Waals surface area contributed by atoms with E-state index in [9.17, 15) is 9.18 Å². The van der Waals surface area contributed by atoms with Gasteiger partial charge in [-0.15, -0.1) is 0 Å². The van der Waals surface area contributed by atoms with Crippen LogP contribution in [0.1, 0.15) is 48.0 Å². The standard InChI is InChI=1S/C18H37FN2O3Si/c1-17(2,3)24-16(22)20-15-9-10-21(13-14(15)19)11-12-23-25(7,8)18(4,5)6/h14-15H,9-13H2,1-8H3,(H,20,22)/t14-,15+/m0/s1. The van der Waals surface area contributed by atoms with Crippen molar-refractivity contribution in [1.82, 2.24) is 10.2 Å². The van der Waals surface area contributed by atoms with E-state index in [1.54, 1.807) is 20.8 Å². The lowest BCUT2D eigenvalue weighted by atomic mass is 10.0. The summed E-state index contributed by atoms with van der Waals surface area (Å²) < 4.78 is 25.8. The van der Waals surface area contributed by atoms with Crippen LogP contribution in [0.25, 0.3) is 0 Å². The van der Waals surface area contributed by atoms with E-state index in [4.69, 9.17) is 9.16 Å². The van der Waals surface area contributed by atoms with E-state index in [2.05, 4.69) is 44.1 Å². The number of carbonyl (C=O) groups is 1.